The zero-order chi connectivity index (χ0) is 65.2. The molecule has 0 saturated carbocycles. The quantitative estimate of drug-likeness (QED) is 0.0204. The number of nitrogens with one attached hydrogen (secondary N) is 1. The second-order valence-electron chi connectivity index (χ2n) is 24.6. The molecular formula is C76H129NO13. The van der Waals surface area contributed by atoms with E-state index in [4.69, 9.17) is 18.9 Å². The predicted octanol–water partition coefficient (Wildman–Crippen LogP) is 14.9. The number of hydrogen-bond acceptors (Lipinski definition) is 13. The van der Waals surface area contributed by atoms with Crippen molar-refractivity contribution in [1.29, 1.82) is 0 Å². The molecule has 2 aliphatic heterocycles. The lowest BCUT2D eigenvalue weighted by Crippen LogP contribution is -2.65. The molecule has 0 radical (unpaired) electrons. The minimum absolute atomic E-state index is 0.234. The third-order valence-electron chi connectivity index (χ3n) is 16.7. The zero-order valence-electron chi connectivity index (χ0n) is 56.1. The van der Waals surface area contributed by atoms with Gasteiger partial charge in [0.15, 0.2) is 12.6 Å². The molecule has 1 amide bonds. The lowest BCUT2D eigenvalue weighted by Gasteiger charge is -2.46. The first-order valence-corrected chi connectivity index (χ1v) is 35.8. The molecule has 2 fully saturated rings. The Labute approximate surface area is 546 Å². The van der Waals surface area contributed by atoms with E-state index >= 15 is 0 Å². The SMILES string of the molecule is CC/C=C\C/C=C\C/C=C\C/C=C\C/C=C\C/C=C\C/C=C\C/C=C\C/C=C\C/C=C\CCCCCCC(=O)NC(COC1OC(CO)C(OC2OC(CO)C(O)C(O)C2O)C(O)C1O)C(O)CCCCCCCCCCCCCCCCCCCCCCC. The van der Waals surface area contributed by atoms with Crippen molar-refractivity contribution in [3.63, 3.8) is 0 Å². The molecular weight excluding hydrogens is 1130 g/mol. The molecule has 14 nitrogen and oxygen atoms in total. The summed E-state index contributed by atoms with van der Waals surface area (Å²) >= 11 is 0. The lowest BCUT2D eigenvalue weighted by atomic mass is 9.97. The van der Waals surface area contributed by atoms with Crippen LogP contribution in [0.3, 0.4) is 0 Å². The first-order chi connectivity index (χ1) is 44.1. The normalized spacial score (nSPS) is 23.7. The van der Waals surface area contributed by atoms with Crippen molar-refractivity contribution in [2.75, 3.05) is 19.8 Å². The Morgan fingerprint density at radius 3 is 1.18 bits per heavy atom. The largest absolute Gasteiger partial charge is 0.394 e. The van der Waals surface area contributed by atoms with Gasteiger partial charge in [0.1, 0.15) is 48.8 Å². The molecule has 14 heteroatoms. The molecule has 0 aromatic rings. The van der Waals surface area contributed by atoms with Crippen LogP contribution in [0.25, 0.3) is 0 Å². The van der Waals surface area contributed by atoms with Gasteiger partial charge in [0, 0.05) is 6.42 Å². The number of carbonyl (C=O) groups excluding carboxylic acids is 1. The van der Waals surface area contributed by atoms with Crippen LogP contribution in [-0.2, 0) is 23.7 Å². The summed E-state index contributed by atoms with van der Waals surface area (Å²) in [4.78, 5) is 13.4. The number of ether oxygens (including phenoxy) is 4. The molecule has 12 unspecified atom stereocenters. The molecule has 0 spiro atoms. The van der Waals surface area contributed by atoms with Gasteiger partial charge in [0.25, 0.3) is 0 Å². The number of carbonyl (C=O) groups is 1. The van der Waals surface area contributed by atoms with Crippen LogP contribution in [0.15, 0.2) is 122 Å². The van der Waals surface area contributed by atoms with E-state index in [0.717, 1.165) is 116 Å². The summed E-state index contributed by atoms with van der Waals surface area (Å²) < 4.78 is 22.9. The van der Waals surface area contributed by atoms with Gasteiger partial charge in [-0.3, -0.25) is 4.79 Å². The third kappa shape index (κ3) is 42.6. The summed E-state index contributed by atoms with van der Waals surface area (Å²) in [6.07, 6.45) is 69.1. The van der Waals surface area contributed by atoms with E-state index < -0.39 is 86.8 Å². The number of unbranched alkanes of at least 4 members (excludes halogenated alkanes) is 24. The lowest BCUT2D eigenvalue weighted by molar-refractivity contribution is -0.359. The number of aliphatic hydroxyl groups excluding tert-OH is 8. The van der Waals surface area contributed by atoms with Crippen molar-refractivity contribution < 1.29 is 64.6 Å². The Morgan fingerprint density at radius 2 is 0.767 bits per heavy atom. The first-order valence-electron chi connectivity index (χ1n) is 35.8. The zero-order valence-corrected chi connectivity index (χ0v) is 56.1. The summed E-state index contributed by atoms with van der Waals surface area (Å²) in [5, 5.41) is 87.6. The molecule has 9 N–H and O–H groups in total. The van der Waals surface area contributed by atoms with Crippen LogP contribution >= 0.6 is 0 Å². The summed E-state index contributed by atoms with van der Waals surface area (Å²) in [5.41, 5.74) is 0. The Morgan fingerprint density at radius 1 is 0.411 bits per heavy atom. The number of amides is 1. The fourth-order valence-corrected chi connectivity index (χ4v) is 11.0. The van der Waals surface area contributed by atoms with Crippen LogP contribution in [0.4, 0.5) is 0 Å². The highest BCUT2D eigenvalue weighted by Gasteiger charge is 2.51. The summed E-state index contributed by atoms with van der Waals surface area (Å²) in [5.74, 6) is -0.234. The molecule has 0 aromatic carbocycles. The molecule has 0 aromatic heterocycles. The van der Waals surface area contributed by atoms with E-state index in [1.54, 1.807) is 0 Å². The van der Waals surface area contributed by atoms with Crippen molar-refractivity contribution in [2.24, 2.45) is 0 Å². The first kappa shape index (κ1) is 82.5. The maximum atomic E-state index is 13.4. The molecule has 12 atom stereocenters. The second kappa shape index (κ2) is 59.2. The smallest absolute Gasteiger partial charge is 0.220 e. The topological polar surface area (TPSA) is 228 Å². The van der Waals surface area contributed by atoms with E-state index in [1.807, 2.05) is 0 Å². The Bertz CT molecular complexity index is 1980. The summed E-state index contributed by atoms with van der Waals surface area (Å²) in [7, 11) is 0. The molecule has 0 aliphatic carbocycles. The van der Waals surface area contributed by atoms with E-state index in [2.05, 4.69) is 141 Å². The van der Waals surface area contributed by atoms with Gasteiger partial charge in [0.2, 0.25) is 5.91 Å². The maximum absolute atomic E-state index is 13.4. The van der Waals surface area contributed by atoms with Gasteiger partial charge in [-0.2, -0.15) is 0 Å². The van der Waals surface area contributed by atoms with Crippen molar-refractivity contribution in [3.8, 4) is 0 Å². The number of rotatable bonds is 57. The van der Waals surface area contributed by atoms with E-state index in [1.165, 1.54) is 109 Å². The second-order valence-corrected chi connectivity index (χ2v) is 24.6. The fraction of sp³-hybridized carbons (Fsp3) is 0.724. The van der Waals surface area contributed by atoms with E-state index in [0.29, 0.717) is 12.8 Å². The maximum Gasteiger partial charge on any atom is 0.220 e. The monoisotopic (exact) mass is 1260 g/mol. The predicted molar refractivity (Wildman–Crippen MR) is 368 cm³/mol. The minimum atomic E-state index is -1.79. The van der Waals surface area contributed by atoms with Crippen LogP contribution < -0.4 is 5.32 Å². The van der Waals surface area contributed by atoms with E-state index in [-0.39, 0.29) is 18.9 Å². The van der Waals surface area contributed by atoms with Gasteiger partial charge in [-0.15, -0.1) is 0 Å². The molecule has 2 saturated heterocycles. The summed E-state index contributed by atoms with van der Waals surface area (Å²) in [6.45, 7) is 2.74. The van der Waals surface area contributed by atoms with Crippen LogP contribution in [0, 0.1) is 0 Å². The minimum Gasteiger partial charge on any atom is -0.394 e. The molecule has 0 bridgehead atoms. The van der Waals surface area contributed by atoms with Crippen molar-refractivity contribution in [3.05, 3.63) is 122 Å². The van der Waals surface area contributed by atoms with Crippen LogP contribution in [0.2, 0.25) is 0 Å². The molecule has 516 valence electrons. The van der Waals surface area contributed by atoms with Crippen molar-refractivity contribution in [1.82, 2.24) is 5.32 Å². The molecule has 90 heavy (non-hydrogen) atoms. The highest BCUT2D eigenvalue weighted by molar-refractivity contribution is 5.76. The fourth-order valence-electron chi connectivity index (χ4n) is 11.0. The van der Waals surface area contributed by atoms with Gasteiger partial charge < -0.3 is 65.1 Å². The average molecular weight is 1260 g/mol. The van der Waals surface area contributed by atoms with Crippen molar-refractivity contribution in [2.45, 2.75) is 331 Å². The van der Waals surface area contributed by atoms with Gasteiger partial charge in [-0.05, 0) is 89.9 Å². The van der Waals surface area contributed by atoms with Crippen LogP contribution in [0.1, 0.15) is 258 Å². The Hall–Kier alpha value is -3.61. The Balaban J connectivity index is 1.69. The molecule has 2 aliphatic rings. The Kier molecular flexibility index (Phi) is 54.2. The number of allylic oxidation sites excluding steroid dienone is 20. The van der Waals surface area contributed by atoms with Gasteiger partial charge in [-0.1, -0.05) is 283 Å². The standard InChI is InChI=1S/C76H129NO13/c1-3-5-7-9-11-13-15-17-19-21-23-25-26-27-28-29-30-31-32-33-34-35-36-37-38-40-42-44-46-48-50-52-54-56-58-60-68(81)77-64(65(80)59-57-55-53-51-49-47-45-43-41-39-24-22-20-18-16-14-12-10-8-6-4-2)63-87-75-73(86)71(84)74(67(62-79)89-75)90-76-72(85)70(83)69(82)66(61-78)88-76/h5,7,11,13,17,19,23,25,27-28,30-31,33-34,36-37,40,42,46,48,64-67,69-76,78-80,82-86H,3-4,6,8-10,12,14-16,18,20-22,24,26,29,32,35,38-39,41,43-45,47,49-63H2,1-2H3,(H,77,81)/b7-5-,13-11-,19-17-,25-23-,28-27-,31-30-,34-33-,37-36-,42-40-,48-46-. The van der Waals surface area contributed by atoms with Crippen LogP contribution in [-0.4, -0.2) is 140 Å². The molecule has 2 heterocycles. The molecule has 2 rings (SSSR count). The highest BCUT2D eigenvalue weighted by atomic mass is 16.7. The van der Waals surface area contributed by atoms with Gasteiger partial charge >= 0.3 is 0 Å². The average Bonchev–Trinajstić information content (AvgIpc) is 1.28. The summed E-state index contributed by atoms with van der Waals surface area (Å²) in [6, 6.07) is -0.853. The number of aliphatic hydroxyl groups is 8. The number of hydrogen-bond donors (Lipinski definition) is 9. The van der Waals surface area contributed by atoms with E-state index in [9.17, 15) is 45.6 Å². The third-order valence-corrected chi connectivity index (χ3v) is 16.7. The van der Waals surface area contributed by atoms with Crippen molar-refractivity contribution >= 4 is 5.91 Å². The highest BCUT2D eigenvalue weighted by Crippen LogP contribution is 2.30. The van der Waals surface area contributed by atoms with Gasteiger partial charge in [0.05, 0.1) is 32.0 Å². The van der Waals surface area contributed by atoms with Gasteiger partial charge in [-0.25, -0.2) is 0 Å². The van der Waals surface area contributed by atoms with Crippen LogP contribution in [0.5, 0.6) is 0 Å².